The van der Waals surface area contributed by atoms with Crippen molar-refractivity contribution in [3.63, 3.8) is 0 Å². The van der Waals surface area contributed by atoms with Crippen molar-refractivity contribution in [3.8, 4) is 11.5 Å². The largest absolute Gasteiger partial charge is 0.493 e. The molecule has 1 fully saturated rings. The number of hydrogen-bond acceptors (Lipinski definition) is 5. The standard InChI is InChI=1S/C20H24Cl2N2O2S/c1-25-19-7-6-14(10-20(19)26-15-4-2-3-5-15)24(8-9-27)13-16-17(21)11-23-12-18(16)22/h6-7,10-12,15,27H,2-5,8-9,13H2,1H3. The topological polar surface area (TPSA) is 34.6 Å². The van der Waals surface area contributed by atoms with Crippen LogP contribution in [-0.2, 0) is 6.54 Å². The molecule has 0 spiro atoms. The summed E-state index contributed by atoms with van der Waals surface area (Å²) in [5.41, 5.74) is 1.87. The molecule has 27 heavy (non-hydrogen) atoms. The van der Waals surface area contributed by atoms with Gasteiger partial charge in [-0.25, -0.2) is 0 Å². The SMILES string of the molecule is COc1ccc(N(CCS)Cc2c(Cl)cncc2Cl)cc1OC1CCCC1. The normalized spacial score (nSPS) is 14.4. The van der Waals surface area contributed by atoms with Gasteiger partial charge in [-0.15, -0.1) is 0 Å². The summed E-state index contributed by atoms with van der Waals surface area (Å²) in [5, 5.41) is 1.12. The van der Waals surface area contributed by atoms with Crippen LogP contribution in [0.3, 0.4) is 0 Å². The maximum atomic E-state index is 6.32. The Balaban J connectivity index is 1.88. The molecule has 7 heteroatoms. The van der Waals surface area contributed by atoms with Gasteiger partial charge in [-0.3, -0.25) is 4.98 Å². The van der Waals surface area contributed by atoms with Gasteiger partial charge in [0.1, 0.15) is 0 Å². The number of pyridine rings is 1. The Bertz CT molecular complexity index is 749. The molecule has 4 nitrogen and oxygen atoms in total. The Morgan fingerprint density at radius 3 is 2.48 bits per heavy atom. The van der Waals surface area contributed by atoms with Gasteiger partial charge >= 0.3 is 0 Å². The number of hydrogen-bond donors (Lipinski definition) is 1. The van der Waals surface area contributed by atoms with Crippen LogP contribution in [0, 0.1) is 0 Å². The molecular formula is C20H24Cl2N2O2S. The fraction of sp³-hybridized carbons (Fsp3) is 0.450. The van der Waals surface area contributed by atoms with Gasteiger partial charge in [-0.1, -0.05) is 23.2 Å². The summed E-state index contributed by atoms with van der Waals surface area (Å²) >= 11 is 17.0. The van der Waals surface area contributed by atoms with E-state index in [0.29, 0.717) is 22.3 Å². The first-order valence-electron chi connectivity index (χ1n) is 9.10. The summed E-state index contributed by atoms with van der Waals surface area (Å²) in [4.78, 5) is 6.21. The number of rotatable bonds is 8. The molecule has 1 aliphatic carbocycles. The Labute approximate surface area is 176 Å². The van der Waals surface area contributed by atoms with E-state index in [1.54, 1.807) is 19.5 Å². The van der Waals surface area contributed by atoms with Gasteiger partial charge in [0.15, 0.2) is 11.5 Å². The van der Waals surface area contributed by atoms with Crippen LogP contribution in [0.5, 0.6) is 11.5 Å². The maximum absolute atomic E-state index is 6.32. The molecule has 0 aliphatic heterocycles. The summed E-state index contributed by atoms with van der Waals surface area (Å²) in [6.45, 7) is 1.31. The molecule has 0 radical (unpaired) electrons. The van der Waals surface area contributed by atoms with E-state index in [0.717, 1.165) is 42.1 Å². The highest BCUT2D eigenvalue weighted by Crippen LogP contribution is 2.36. The first kappa shape index (κ1) is 20.4. The van der Waals surface area contributed by atoms with Crippen molar-refractivity contribution in [1.82, 2.24) is 4.98 Å². The van der Waals surface area contributed by atoms with Crippen molar-refractivity contribution in [2.75, 3.05) is 24.3 Å². The molecule has 1 heterocycles. The van der Waals surface area contributed by atoms with Gasteiger partial charge < -0.3 is 14.4 Å². The van der Waals surface area contributed by atoms with E-state index in [1.165, 1.54) is 12.8 Å². The van der Waals surface area contributed by atoms with Gasteiger partial charge in [0.2, 0.25) is 0 Å². The monoisotopic (exact) mass is 426 g/mol. The lowest BCUT2D eigenvalue weighted by molar-refractivity contribution is 0.201. The molecular weight excluding hydrogens is 403 g/mol. The third-order valence-corrected chi connectivity index (χ3v) is 5.63. The van der Waals surface area contributed by atoms with Gasteiger partial charge in [-0.05, 0) is 37.8 Å². The zero-order chi connectivity index (χ0) is 19.2. The molecule has 1 saturated carbocycles. The molecule has 146 valence electrons. The Kier molecular flexibility index (Phi) is 7.39. The average Bonchev–Trinajstić information content (AvgIpc) is 3.17. The molecule has 1 aromatic heterocycles. The fourth-order valence-electron chi connectivity index (χ4n) is 3.34. The zero-order valence-electron chi connectivity index (χ0n) is 15.3. The molecule has 1 aromatic carbocycles. The predicted molar refractivity (Wildman–Crippen MR) is 115 cm³/mol. The maximum Gasteiger partial charge on any atom is 0.163 e. The van der Waals surface area contributed by atoms with Crippen LogP contribution in [0.25, 0.3) is 0 Å². The number of anilines is 1. The second-order valence-corrected chi connectivity index (χ2v) is 7.85. The highest BCUT2D eigenvalue weighted by Gasteiger charge is 2.20. The molecule has 0 atom stereocenters. The van der Waals surface area contributed by atoms with E-state index >= 15 is 0 Å². The third kappa shape index (κ3) is 5.15. The molecule has 0 N–H and O–H groups in total. The van der Waals surface area contributed by atoms with E-state index in [4.69, 9.17) is 32.7 Å². The van der Waals surface area contributed by atoms with Crippen LogP contribution >= 0.6 is 35.8 Å². The number of nitrogens with zero attached hydrogens (tertiary/aromatic N) is 2. The van der Waals surface area contributed by atoms with Crippen molar-refractivity contribution in [3.05, 3.63) is 46.2 Å². The molecule has 0 unspecified atom stereocenters. The van der Waals surface area contributed by atoms with Crippen LogP contribution in [0.4, 0.5) is 5.69 Å². The van der Waals surface area contributed by atoms with Crippen LogP contribution < -0.4 is 14.4 Å². The molecule has 0 bridgehead atoms. The highest BCUT2D eigenvalue weighted by molar-refractivity contribution is 7.80. The minimum absolute atomic E-state index is 0.261. The number of thiol groups is 1. The summed E-state index contributed by atoms with van der Waals surface area (Å²) in [6, 6.07) is 6.00. The first-order valence-corrected chi connectivity index (χ1v) is 10.5. The second-order valence-electron chi connectivity index (χ2n) is 6.59. The highest BCUT2D eigenvalue weighted by atomic mass is 35.5. The number of benzene rings is 1. The van der Waals surface area contributed by atoms with Crippen LogP contribution in [0.2, 0.25) is 10.0 Å². The second kappa shape index (κ2) is 9.76. The summed E-state index contributed by atoms with van der Waals surface area (Å²) in [7, 11) is 1.67. The Morgan fingerprint density at radius 1 is 1.15 bits per heavy atom. The lowest BCUT2D eigenvalue weighted by atomic mass is 10.2. The first-order chi connectivity index (χ1) is 13.1. The van der Waals surface area contributed by atoms with Crippen molar-refractivity contribution >= 4 is 41.5 Å². The van der Waals surface area contributed by atoms with Gasteiger partial charge in [-0.2, -0.15) is 12.6 Å². The number of aromatic nitrogens is 1. The van der Waals surface area contributed by atoms with Crippen molar-refractivity contribution in [1.29, 1.82) is 0 Å². The van der Waals surface area contributed by atoms with E-state index in [2.05, 4.69) is 22.5 Å². The van der Waals surface area contributed by atoms with Crippen LogP contribution in [-0.4, -0.2) is 30.5 Å². The van der Waals surface area contributed by atoms with E-state index in [-0.39, 0.29) is 6.10 Å². The van der Waals surface area contributed by atoms with Crippen molar-refractivity contribution in [2.45, 2.75) is 38.3 Å². The number of methoxy groups -OCH3 is 1. The lowest BCUT2D eigenvalue weighted by Gasteiger charge is -2.26. The summed E-state index contributed by atoms with van der Waals surface area (Å²) < 4.78 is 11.7. The molecule has 0 saturated heterocycles. The average molecular weight is 427 g/mol. The lowest BCUT2D eigenvalue weighted by Crippen LogP contribution is -2.25. The minimum atomic E-state index is 0.261. The van der Waals surface area contributed by atoms with E-state index in [9.17, 15) is 0 Å². The number of halogens is 2. The van der Waals surface area contributed by atoms with Crippen LogP contribution in [0.1, 0.15) is 31.2 Å². The molecule has 1 aliphatic rings. The predicted octanol–water partition coefficient (Wildman–Crippen LogP) is 5.65. The Morgan fingerprint density at radius 2 is 1.85 bits per heavy atom. The van der Waals surface area contributed by atoms with Gasteiger partial charge in [0, 0.05) is 48.6 Å². The minimum Gasteiger partial charge on any atom is -0.493 e. The smallest absolute Gasteiger partial charge is 0.163 e. The van der Waals surface area contributed by atoms with Crippen molar-refractivity contribution < 1.29 is 9.47 Å². The fourth-order valence-corrected chi connectivity index (χ4v) is 4.07. The quantitative estimate of drug-likeness (QED) is 0.552. The van der Waals surface area contributed by atoms with Gasteiger partial charge in [0.05, 0.1) is 23.3 Å². The third-order valence-electron chi connectivity index (χ3n) is 4.78. The van der Waals surface area contributed by atoms with E-state index in [1.807, 2.05) is 18.2 Å². The number of ether oxygens (including phenoxy) is 2. The van der Waals surface area contributed by atoms with Gasteiger partial charge in [0.25, 0.3) is 0 Å². The van der Waals surface area contributed by atoms with Crippen molar-refractivity contribution in [2.24, 2.45) is 0 Å². The molecule has 0 amide bonds. The van der Waals surface area contributed by atoms with Crippen LogP contribution in [0.15, 0.2) is 30.6 Å². The molecule has 2 aromatic rings. The summed E-state index contributed by atoms with van der Waals surface area (Å²) in [6.07, 6.45) is 8.12. The van der Waals surface area contributed by atoms with E-state index < -0.39 is 0 Å². The Hall–Kier alpha value is -1.30. The zero-order valence-corrected chi connectivity index (χ0v) is 17.7. The summed E-state index contributed by atoms with van der Waals surface area (Å²) in [5.74, 6) is 2.22. The molecule has 3 rings (SSSR count).